The molecule has 0 spiro atoms. The summed E-state index contributed by atoms with van der Waals surface area (Å²) in [6.45, 7) is -0.267. The Morgan fingerprint density at radius 2 is 1.76 bits per heavy atom. The van der Waals surface area contributed by atoms with E-state index in [9.17, 15) is 14.9 Å². The van der Waals surface area contributed by atoms with Gasteiger partial charge in [-0.05, 0) is 17.2 Å². The number of carbonyl (C=O) groups is 1. The van der Waals surface area contributed by atoms with Crippen molar-refractivity contribution in [3.05, 3.63) is 75.8 Å². The fourth-order valence-corrected chi connectivity index (χ4v) is 2.90. The molecular weight excluding hydrogens is 268 g/mol. The quantitative estimate of drug-likeness (QED) is 0.692. The Balaban J connectivity index is 2.05. The number of hydrogen-bond acceptors (Lipinski definition) is 3. The van der Waals surface area contributed by atoms with E-state index in [1.165, 1.54) is 0 Å². The fourth-order valence-electron chi connectivity index (χ4n) is 2.90. The van der Waals surface area contributed by atoms with E-state index in [-0.39, 0.29) is 17.4 Å². The van der Waals surface area contributed by atoms with E-state index in [2.05, 4.69) is 5.32 Å². The van der Waals surface area contributed by atoms with Crippen LogP contribution in [0, 0.1) is 10.1 Å². The summed E-state index contributed by atoms with van der Waals surface area (Å²) in [5, 5.41) is 13.8. The fraction of sp³-hybridized carbons (Fsp3) is 0.188. The van der Waals surface area contributed by atoms with Crippen LogP contribution in [-0.4, -0.2) is 17.4 Å². The average Bonchev–Trinajstić information content (AvgIpc) is 2.81. The van der Waals surface area contributed by atoms with E-state index in [0.717, 1.165) is 16.8 Å². The lowest BCUT2D eigenvalue weighted by Crippen LogP contribution is -2.25. The van der Waals surface area contributed by atoms with Gasteiger partial charge in [0.25, 0.3) is 0 Å². The topological polar surface area (TPSA) is 72.2 Å². The molecule has 21 heavy (non-hydrogen) atoms. The molecule has 2 aromatic rings. The van der Waals surface area contributed by atoms with E-state index in [1.54, 1.807) is 0 Å². The smallest absolute Gasteiger partial charge is 0.232 e. The second kappa shape index (κ2) is 5.36. The van der Waals surface area contributed by atoms with Crippen molar-refractivity contribution in [2.24, 2.45) is 0 Å². The third-order valence-corrected chi connectivity index (χ3v) is 3.81. The molecule has 3 rings (SSSR count). The number of fused-ring (bicyclic) bond motifs is 1. The molecule has 2 atom stereocenters. The first kappa shape index (κ1) is 13.3. The first-order chi connectivity index (χ1) is 10.2. The number of anilines is 1. The monoisotopic (exact) mass is 282 g/mol. The second-order valence-electron chi connectivity index (χ2n) is 5.09. The first-order valence-corrected chi connectivity index (χ1v) is 6.73. The van der Waals surface area contributed by atoms with Gasteiger partial charge in [-0.2, -0.15) is 0 Å². The number of nitrogens with one attached hydrogen (secondary N) is 1. The lowest BCUT2D eigenvalue weighted by atomic mass is 9.82. The molecule has 0 aliphatic carbocycles. The molecule has 0 saturated carbocycles. The van der Waals surface area contributed by atoms with Gasteiger partial charge in [0.2, 0.25) is 12.5 Å². The Hall–Kier alpha value is -2.69. The molecule has 0 aromatic heterocycles. The van der Waals surface area contributed by atoms with E-state index in [0.29, 0.717) is 0 Å². The maximum Gasteiger partial charge on any atom is 0.232 e. The van der Waals surface area contributed by atoms with Gasteiger partial charge in [0.1, 0.15) is 0 Å². The van der Waals surface area contributed by atoms with Gasteiger partial charge < -0.3 is 5.32 Å². The van der Waals surface area contributed by atoms with Crippen LogP contribution in [0.25, 0.3) is 0 Å². The van der Waals surface area contributed by atoms with Gasteiger partial charge in [-0.25, -0.2) is 0 Å². The highest BCUT2D eigenvalue weighted by molar-refractivity contribution is 6.03. The highest BCUT2D eigenvalue weighted by Crippen LogP contribution is 2.41. The van der Waals surface area contributed by atoms with Gasteiger partial charge in [-0.15, -0.1) is 0 Å². The van der Waals surface area contributed by atoms with Gasteiger partial charge >= 0.3 is 0 Å². The number of rotatable bonds is 4. The number of para-hydroxylation sites is 1. The van der Waals surface area contributed by atoms with Crippen molar-refractivity contribution in [1.82, 2.24) is 0 Å². The number of amides is 1. The molecule has 0 bridgehead atoms. The van der Waals surface area contributed by atoms with E-state index in [4.69, 9.17) is 0 Å². The molecular formula is C16H14N2O3. The molecule has 106 valence electrons. The maximum atomic E-state index is 12.3. The number of nitro groups is 1. The van der Waals surface area contributed by atoms with Crippen LogP contribution in [0.3, 0.4) is 0 Å². The Morgan fingerprint density at radius 3 is 2.48 bits per heavy atom. The largest absolute Gasteiger partial charge is 0.325 e. The summed E-state index contributed by atoms with van der Waals surface area (Å²) < 4.78 is 0. The zero-order valence-electron chi connectivity index (χ0n) is 11.2. The molecule has 1 aliphatic rings. The molecule has 5 nitrogen and oxygen atoms in total. The summed E-state index contributed by atoms with van der Waals surface area (Å²) in [4.78, 5) is 23.0. The molecule has 1 heterocycles. The number of carbonyl (C=O) groups excluding carboxylic acids is 1. The normalized spacial score (nSPS) is 17.9. The lowest BCUT2D eigenvalue weighted by Gasteiger charge is -2.19. The summed E-state index contributed by atoms with van der Waals surface area (Å²) in [6, 6.07) is 16.6. The van der Waals surface area contributed by atoms with E-state index >= 15 is 0 Å². The standard InChI is InChI=1S/C16H14N2O3/c19-16-15(12-8-4-5-9-14(12)17-16)13(10-18(20)21)11-6-2-1-3-7-11/h1-9,13,15H,10H2,(H,17,19)/t13-,15?/m1/s1. The summed E-state index contributed by atoms with van der Waals surface area (Å²) in [7, 11) is 0. The molecule has 5 heteroatoms. The summed E-state index contributed by atoms with van der Waals surface area (Å²) in [5.74, 6) is -1.16. The van der Waals surface area contributed by atoms with Crippen LogP contribution < -0.4 is 5.32 Å². The molecule has 1 unspecified atom stereocenters. The predicted octanol–water partition coefficient (Wildman–Crippen LogP) is 2.78. The molecule has 0 radical (unpaired) electrons. The van der Waals surface area contributed by atoms with Gasteiger partial charge in [-0.1, -0.05) is 48.5 Å². The van der Waals surface area contributed by atoms with Gasteiger partial charge in [0, 0.05) is 10.6 Å². The molecule has 0 saturated heterocycles. The van der Waals surface area contributed by atoms with Gasteiger partial charge in [0.15, 0.2) is 0 Å². The molecule has 1 aliphatic heterocycles. The SMILES string of the molecule is O=C1Nc2ccccc2C1[C@H](C[N+](=O)[O-])c1ccccc1. The Bertz CT molecular complexity index is 685. The average molecular weight is 282 g/mol. The van der Waals surface area contributed by atoms with Crippen molar-refractivity contribution in [2.75, 3.05) is 11.9 Å². The predicted molar refractivity (Wildman–Crippen MR) is 78.9 cm³/mol. The van der Waals surface area contributed by atoms with E-state index < -0.39 is 11.8 Å². The van der Waals surface area contributed by atoms with Crippen molar-refractivity contribution in [3.8, 4) is 0 Å². The third kappa shape index (κ3) is 2.50. The van der Waals surface area contributed by atoms with Crippen molar-refractivity contribution >= 4 is 11.6 Å². The van der Waals surface area contributed by atoms with E-state index in [1.807, 2.05) is 54.6 Å². The zero-order valence-corrected chi connectivity index (χ0v) is 11.2. The summed E-state index contributed by atoms with van der Waals surface area (Å²) >= 11 is 0. The van der Waals surface area contributed by atoms with Crippen molar-refractivity contribution in [3.63, 3.8) is 0 Å². The summed E-state index contributed by atoms with van der Waals surface area (Å²) in [5.41, 5.74) is 2.39. The number of benzene rings is 2. The van der Waals surface area contributed by atoms with Crippen molar-refractivity contribution in [1.29, 1.82) is 0 Å². The Labute approximate surface area is 121 Å². The minimum absolute atomic E-state index is 0.174. The number of hydrogen-bond donors (Lipinski definition) is 1. The lowest BCUT2D eigenvalue weighted by molar-refractivity contribution is -0.483. The van der Waals surface area contributed by atoms with Crippen LogP contribution in [0.2, 0.25) is 0 Å². The molecule has 0 fully saturated rings. The van der Waals surface area contributed by atoms with Gasteiger partial charge in [-0.3, -0.25) is 14.9 Å². The van der Waals surface area contributed by atoms with Crippen LogP contribution in [0.5, 0.6) is 0 Å². The zero-order chi connectivity index (χ0) is 14.8. The minimum Gasteiger partial charge on any atom is -0.325 e. The highest BCUT2D eigenvalue weighted by atomic mass is 16.6. The molecule has 1 N–H and O–H groups in total. The second-order valence-corrected chi connectivity index (χ2v) is 5.09. The third-order valence-electron chi connectivity index (χ3n) is 3.81. The van der Waals surface area contributed by atoms with Crippen LogP contribution in [0.15, 0.2) is 54.6 Å². The van der Waals surface area contributed by atoms with Crippen molar-refractivity contribution in [2.45, 2.75) is 11.8 Å². The molecule has 2 aromatic carbocycles. The molecule has 1 amide bonds. The maximum absolute atomic E-state index is 12.3. The van der Waals surface area contributed by atoms with Gasteiger partial charge in [0.05, 0.1) is 11.8 Å². The van der Waals surface area contributed by atoms with Crippen LogP contribution in [0.1, 0.15) is 23.0 Å². The summed E-state index contributed by atoms with van der Waals surface area (Å²) in [6.07, 6.45) is 0. The Kier molecular flexibility index (Phi) is 3.39. The highest BCUT2D eigenvalue weighted by Gasteiger charge is 2.39. The number of nitrogens with zero attached hydrogens (tertiary/aromatic N) is 1. The first-order valence-electron chi connectivity index (χ1n) is 6.73. The van der Waals surface area contributed by atoms with Crippen LogP contribution >= 0.6 is 0 Å². The van der Waals surface area contributed by atoms with Crippen LogP contribution in [-0.2, 0) is 4.79 Å². The van der Waals surface area contributed by atoms with Crippen LogP contribution in [0.4, 0.5) is 5.69 Å². The minimum atomic E-state index is -0.519. The van der Waals surface area contributed by atoms with Crippen molar-refractivity contribution < 1.29 is 9.72 Å². The Morgan fingerprint density at radius 1 is 1.10 bits per heavy atom.